The predicted octanol–water partition coefficient (Wildman–Crippen LogP) is 1.28. The minimum Gasteiger partial charge on any atom is -0.458 e. The zero-order valence-corrected chi connectivity index (χ0v) is 9.06. The van der Waals surface area contributed by atoms with Crippen molar-refractivity contribution < 1.29 is 19.1 Å². The van der Waals surface area contributed by atoms with E-state index in [9.17, 15) is 9.59 Å². The molecule has 2 heterocycles. The molecule has 2 saturated heterocycles. The molecule has 0 radical (unpaired) electrons. The molecule has 2 aliphatic rings. The Labute approximate surface area is 88.9 Å². The van der Waals surface area contributed by atoms with Crippen molar-refractivity contribution >= 4 is 11.9 Å². The van der Waals surface area contributed by atoms with E-state index in [1.807, 2.05) is 0 Å². The van der Waals surface area contributed by atoms with E-state index in [0.717, 1.165) is 19.3 Å². The molecule has 4 heteroatoms. The third-order valence-electron chi connectivity index (χ3n) is 3.26. The monoisotopic (exact) mass is 212 g/mol. The average Bonchev–Trinajstić information content (AvgIpc) is 2.65. The van der Waals surface area contributed by atoms with Gasteiger partial charge < -0.3 is 9.47 Å². The number of carbonyl (C=O) groups is 2. The molecule has 0 spiro atoms. The lowest BCUT2D eigenvalue weighted by Crippen LogP contribution is -2.25. The van der Waals surface area contributed by atoms with Gasteiger partial charge in [0.2, 0.25) is 0 Å². The number of unbranched alkanes of at least 4 members (excludes halogenated alkanes) is 1. The zero-order chi connectivity index (χ0) is 11.0. The Morgan fingerprint density at radius 3 is 2.60 bits per heavy atom. The molecule has 84 valence electrons. The Balaban J connectivity index is 2.07. The molecule has 0 aromatic rings. The Morgan fingerprint density at radius 1 is 1.20 bits per heavy atom. The summed E-state index contributed by atoms with van der Waals surface area (Å²) < 4.78 is 10.4. The summed E-state index contributed by atoms with van der Waals surface area (Å²) in [6.07, 6.45) is 2.30. The summed E-state index contributed by atoms with van der Waals surface area (Å²) in [4.78, 5) is 22.9. The smallest absolute Gasteiger partial charge is 0.314 e. The first kappa shape index (κ1) is 10.5. The van der Waals surface area contributed by atoms with Crippen LogP contribution in [0.15, 0.2) is 0 Å². The van der Waals surface area contributed by atoms with Gasteiger partial charge >= 0.3 is 11.9 Å². The first-order chi connectivity index (χ1) is 7.15. The fraction of sp³-hybridized carbons (Fsp3) is 0.818. The van der Waals surface area contributed by atoms with Crippen LogP contribution in [0, 0.1) is 11.8 Å². The quantitative estimate of drug-likeness (QED) is 0.661. The summed E-state index contributed by atoms with van der Waals surface area (Å²) in [5.41, 5.74) is 0. The van der Waals surface area contributed by atoms with Gasteiger partial charge in [0, 0.05) is 0 Å². The molecule has 0 amide bonds. The van der Waals surface area contributed by atoms with E-state index in [0.29, 0.717) is 0 Å². The number of cyclic esters (lactones) is 1. The third-order valence-corrected chi connectivity index (χ3v) is 3.26. The molecular formula is C11H16O4. The highest BCUT2D eigenvalue weighted by molar-refractivity contribution is 5.87. The van der Waals surface area contributed by atoms with Crippen LogP contribution >= 0.6 is 0 Å². The van der Waals surface area contributed by atoms with Gasteiger partial charge in [0.15, 0.2) is 6.10 Å². The molecule has 0 aromatic carbocycles. The molecule has 0 bridgehead atoms. The second kappa shape index (κ2) is 3.83. The summed E-state index contributed by atoms with van der Waals surface area (Å²) in [6, 6.07) is 0. The molecule has 0 N–H and O–H groups in total. The topological polar surface area (TPSA) is 52.6 Å². The van der Waals surface area contributed by atoms with Crippen LogP contribution < -0.4 is 0 Å². The highest BCUT2D eigenvalue weighted by Gasteiger charge is 2.56. The summed E-state index contributed by atoms with van der Waals surface area (Å²) in [5, 5.41) is 0. The molecule has 2 aliphatic heterocycles. The zero-order valence-electron chi connectivity index (χ0n) is 9.06. The highest BCUT2D eigenvalue weighted by atomic mass is 16.6. The minimum atomic E-state index is -0.362. The Kier molecular flexibility index (Phi) is 2.67. The van der Waals surface area contributed by atoms with Crippen LogP contribution in [0.3, 0.4) is 0 Å². The van der Waals surface area contributed by atoms with Gasteiger partial charge in [-0.25, -0.2) is 0 Å². The van der Waals surface area contributed by atoms with E-state index in [1.165, 1.54) is 0 Å². The van der Waals surface area contributed by atoms with Crippen LogP contribution in [0.25, 0.3) is 0 Å². The van der Waals surface area contributed by atoms with Crippen molar-refractivity contribution in [3.05, 3.63) is 0 Å². The fourth-order valence-corrected chi connectivity index (χ4v) is 2.31. The average molecular weight is 212 g/mol. The van der Waals surface area contributed by atoms with Crippen LogP contribution in [-0.2, 0) is 19.1 Å². The molecule has 15 heavy (non-hydrogen) atoms. The maximum Gasteiger partial charge on any atom is 0.314 e. The van der Waals surface area contributed by atoms with Gasteiger partial charge in [0.05, 0.1) is 5.92 Å². The van der Waals surface area contributed by atoms with Crippen molar-refractivity contribution in [1.29, 1.82) is 0 Å². The lowest BCUT2D eigenvalue weighted by molar-refractivity contribution is -0.155. The standard InChI is InChI=1S/C11H16O4/c1-3-4-5-7-9-8(11(13)14-7)6(2)10(12)15-9/h6-9H,3-5H2,1-2H3/t6-,7-,8-,9-/m0/s1. The number of carbonyl (C=O) groups excluding carboxylic acids is 2. The Morgan fingerprint density at radius 2 is 1.93 bits per heavy atom. The van der Waals surface area contributed by atoms with Crippen LogP contribution in [0.5, 0.6) is 0 Å². The van der Waals surface area contributed by atoms with Crippen LogP contribution in [0.4, 0.5) is 0 Å². The number of hydrogen-bond acceptors (Lipinski definition) is 4. The molecule has 0 aliphatic carbocycles. The van der Waals surface area contributed by atoms with Crippen molar-refractivity contribution in [2.24, 2.45) is 11.8 Å². The molecular weight excluding hydrogens is 196 g/mol. The lowest BCUT2D eigenvalue weighted by atomic mass is 9.91. The van der Waals surface area contributed by atoms with Crippen molar-refractivity contribution in [3.8, 4) is 0 Å². The number of fused-ring (bicyclic) bond motifs is 1. The van der Waals surface area contributed by atoms with Crippen molar-refractivity contribution in [2.45, 2.75) is 45.3 Å². The van der Waals surface area contributed by atoms with Gasteiger partial charge in [-0.1, -0.05) is 20.3 Å². The SMILES string of the molecule is CCCC[C@@H]1OC(=O)[C@@H]2[C@H]1OC(=O)[C@H]2C. The number of ether oxygens (including phenoxy) is 2. The Bertz CT molecular complexity index is 286. The molecule has 0 aromatic heterocycles. The number of rotatable bonds is 3. The summed E-state index contributed by atoms with van der Waals surface area (Å²) in [5.74, 6) is -1.23. The highest BCUT2D eigenvalue weighted by Crippen LogP contribution is 2.38. The summed E-state index contributed by atoms with van der Waals surface area (Å²) in [6.45, 7) is 3.81. The third kappa shape index (κ3) is 1.62. The minimum absolute atomic E-state index is 0.212. The first-order valence-corrected chi connectivity index (χ1v) is 5.56. The fourth-order valence-electron chi connectivity index (χ4n) is 2.31. The van der Waals surface area contributed by atoms with Crippen LogP contribution in [0.1, 0.15) is 33.1 Å². The van der Waals surface area contributed by atoms with Gasteiger partial charge in [-0.15, -0.1) is 0 Å². The molecule has 2 rings (SSSR count). The van der Waals surface area contributed by atoms with Crippen LogP contribution in [-0.4, -0.2) is 24.1 Å². The van der Waals surface area contributed by atoms with Gasteiger partial charge in [0.25, 0.3) is 0 Å². The summed E-state index contributed by atoms with van der Waals surface area (Å²) >= 11 is 0. The van der Waals surface area contributed by atoms with E-state index in [1.54, 1.807) is 6.92 Å². The largest absolute Gasteiger partial charge is 0.458 e. The van der Waals surface area contributed by atoms with E-state index >= 15 is 0 Å². The van der Waals surface area contributed by atoms with E-state index in [4.69, 9.17) is 9.47 Å². The lowest BCUT2D eigenvalue weighted by Gasteiger charge is -2.14. The van der Waals surface area contributed by atoms with Crippen molar-refractivity contribution in [2.75, 3.05) is 0 Å². The van der Waals surface area contributed by atoms with Gasteiger partial charge in [-0.05, 0) is 12.8 Å². The first-order valence-electron chi connectivity index (χ1n) is 5.56. The number of hydrogen-bond donors (Lipinski definition) is 0. The van der Waals surface area contributed by atoms with E-state index < -0.39 is 0 Å². The normalized spacial score (nSPS) is 38.8. The van der Waals surface area contributed by atoms with Gasteiger partial charge in [-0.3, -0.25) is 9.59 Å². The predicted molar refractivity (Wildman–Crippen MR) is 51.9 cm³/mol. The second-order valence-electron chi connectivity index (χ2n) is 4.33. The maximum atomic E-state index is 11.5. The second-order valence-corrected chi connectivity index (χ2v) is 4.33. The van der Waals surface area contributed by atoms with E-state index in [-0.39, 0.29) is 36.0 Å². The van der Waals surface area contributed by atoms with Crippen LogP contribution in [0.2, 0.25) is 0 Å². The molecule has 0 unspecified atom stereocenters. The number of esters is 2. The Hall–Kier alpha value is -1.06. The van der Waals surface area contributed by atoms with Crippen molar-refractivity contribution in [1.82, 2.24) is 0 Å². The molecule has 0 saturated carbocycles. The molecule has 4 nitrogen and oxygen atoms in total. The maximum absolute atomic E-state index is 11.5. The molecule has 2 fully saturated rings. The van der Waals surface area contributed by atoms with Gasteiger partial charge in [0.1, 0.15) is 12.0 Å². The van der Waals surface area contributed by atoms with Gasteiger partial charge in [-0.2, -0.15) is 0 Å². The summed E-state index contributed by atoms with van der Waals surface area (Å²) in [7, 11) is 0. The molecule has 4 atom stereocenters. The van der Waals surface area contributed by atoms with Crippen molar-refractivity contribution in [3.63, 3.8) is 0 Å². The van der Waals surface area contributed by atoms with E-state index in [2.05, 4.69) is 6.92 Å².